The number of hydrogen-bond donors (Lipinski definition) is 1. The number of anilines is 1. The zero-order valence-corrected chi connectivity index (χ0v) is 14.2. The van der Waals surface area contributed by atoms with E-state index in [4.69, 9.17) is 0 Å². The molecule has 1 unspecified atom stereocenters. The van der Waals surface area contributed by atoms with Gasteiger partial charge in [0.1, 0.15) is 5.82 Å². The molecule has 24 heavy (non-hydrogen) atoms. The van der Waals surface area contributed by atoms with Crippen LogP contribution in [0, 0.1) is 5.82 Å². The molecular weight excluding hydrogens is 327 g/mol. The van der Waals surface area contributed by atoms with Gasteiger partial charge >= 0.3 is 0 Å². The number of para-hydroxylation sites is 1. The Kier molecular flexibility index (Phi) is 4.32. The molecule has 0 saturated heterocycles. The lowest BCUT2D eigenvalue weighted by Crippen LogP contribution is -2.52. The fourth-order valence-corrected chi connectivity index (χ4v) is 3.86. The number of hydrogen-bond acceptors (Lipinski definition) is 3. The molecule has 3 rings (SSSR count). The van der Waals surface area contributed by atoms with E-state index in [0.29, 0.717) is 11.3 Å². The molecule has 0 aromatic heterocycles. The number of rotatable bonds is 3. The summed E-state index contributed by atoms with van der Waals surface area (Å²) >= 11 is 1.24. The Balaban J connectivity index is 1.82. The molecule has 0 spiro atoms. The normalized spacial score (nSPS) is 19.4. The van der Waals surface area contributed by atoms with E-state index in [2.05, 4.69) is 5.32 Å². The molecular formula is C18H17FN2O2S. The van der Waals surface area contributed by atoms with Crippen molar-refractivity contribution >= 4 is 29.3 Å². The van der Waals surface area contributed by atoms with E-state index in [9.17, 15) is 14.0 Å². The number of nitrogens with one attached hydrogen (secondary N) is 1. The maximum absolute atomic E-state index is 13.3. The van der Waals surface area contributed by atoms with Gasteiger partial charge in [-0.15, -0.1) is 0 Å². The number of carbonyl (C=O) groups excluding carboxylic acids is 2. The lowest BCUT2D eigenvalue weighted by molar-refractivity contribution is -0.137. The van der Waals surface area contributed by atoms with Crippen molar-refractivity contribution in [3.63, 3.8) is 0 Å². The molecule has 1 N–H and O–H groups in total. The summed E-state index contributed by atoms with van der Waals surface area (Å²) in [5.41, 5.74) is 1.39. The lowest BCUT2D eigenvalue weighted by Gasteiger charge is -2.34. The van der Waals surface area contributed by atoms with Gasteiger partial charge in [0.05, 0.1) is 5.69 Å². The largest absolute Gasteiger partial charge is 0.340 e. The minimum absolute atomic E-state index is 0.238. The topological polar surface area (TPSA) is 49.4 Å². The van der Waals surface area contributed by atoms with Crippen LogP contribution >= 0.6 is 11.8 Å². The number of carbonyl (C=O) groups is 2. The van der Waals surface area contributed by atoms with Crippen LogP contribution in [0.3, 0.4) is 0 Å². The maximum Gasteiger partial charge on any atom is 0.250 e. The van der Waals surface area contributed by atoms with E-state index in [1.165, 1.54) is 28.8 Å². The Labute approximate surface area is 144 Å². The van der Waals surface area contributed by atoms with E-state index < -0.39 is 4.75 Å². The van der Waals surface area contributed by atoms with Gasteiger partial charge in [-0.2, -0.15) is 0 Å². The van der Waals surface area contributed by atoms with Gasteiger partial charge in [-0.25, -0.2) is 4.39 Å². The van der Waals surface area contributed by atoms with Gasteiger partial charge in [-0.1, -0.05) is 36.0 Å². The van der Waals surface area contributed by atoms with E-state index in [0.717, 1.165) is 4.90 Å². The maximum atomic E-state index is 13.3. The Morgan fingerprint density at radius 3 is 2.75 bits per heavy atom. The van der Waals surface area contributed by atoms with Crippen LogP contribution in [0.2, 0.25) is 0 Å². The number of benzene rings is 2. The molecule has 2 aromatic rings. The van der Waals surface area contributed by atoms with Gasteiger partial charge in [0, 0.05) is 18.5 Å². The quantitative estimate of drug-likeness (QED) is 0.870. The Morgan fingerprint density at radius 1 is 1.25 bits per heavy atom. The monoisotopic (exact) mass is 344 g/mol. The first-order valence-electron chi connectivity index (χ1n) is 7.49. The van der Waals surface area contributed by atoms with Crippen LogP contribution in [0.25, 0.3) is 0 Å². The summed E-state index contributed by atoms with van der Waals surface area (Å²) in [7, 11) is 1.62. The van der Waals surface area contributed by atoms with Crippen molar-refractivity contribution in [2.24, 2.45) is 0 Å². The van der Waals surface area contributed by atoms with E-state index in [-0.39, 0.29) is 24.2 Å². The van der Waals surface area contributed by atoms with Gasteiger partial charge in [-0.05, 0) is 36.8 Å². The highest BCUT2D eigenvalue weighted by molar-refractivity contribution is 8.02. The average molecular weight is 344 g/mol. The van der Waals surface area contributed by atoms with Crippen LogP contribution in [-0.4, -0.2) is 28.5 Å². The van der Waals surface area contributed by atoms with Crippen molar-refractivity contribution in [1.82, 2.24) is 4.90 Å². The minimum atomic E-state index is -1.25. The molecule has 1 aliphatic heterocycles. The summed E-state index contributed by atoms with van der Waals surface area (Å²) in [6, 6.07) is 13.5. The number of nitrogens with zero attached hydrogens (tertiary/aromatic N) is 1. The zero-order valence-electron chi connectivity index (χ0n) is 13.4. The minimum Gasteiger partial charge on any atom is -0.340 e. The predicted octanol–water partition coefficient (Wildman–Crippen LogP) is 3.29. The van der Waals surface area contributed by atoms with Crippen molar-refractivity contribution in [2.75, 3.05) is 12.4 Å². The number of amides is 2. The SMILES string of the molecule is CN(Cc1cccc(F)c1)C(=O)C1(C)Sc2ccccc2NC1=O. The summed E-state index contributed by atoms with van der Waals surface area (Å²) in [4.78, 5) is 27.7. The second kappa shape index (κ2) is 6.28. The highest BCUT2D eigenvalue weighted by Crippen LogP contribution is 2.43. The second-order valence-electron chi connectivity index (χ2n) is 5.88. The summed E-state index contributed by atoms with van der Waals surface area (Å²) in [6.07, 6.45) is 0. The fraction of sp³-hybridized carbons (Fsp3) is 0.222. The molecule has 4 nitrogen and oxygen atoms in total. The molecule has 0 saturated carbocycles. The van der Waals surface area contributed by atoms with Gasteiger partial charge in [0.2, 0.25) is 11.8 Å². The highest BCUT2D eigenvalue weighted by Gasteiger charge is 2.47. The highest BCUT2D eigenvalue weighted by atomic mass is 32.2. The third-order valence-electron chi connectivity index (χ3n) is 3.95. The summed E-state index contributed by atoms with van der Waals surface area (Å²) in [5.74, 6) is -1.01. The van der Waals surface area contributed by atoms with Crippen LogP contribution < -0.4 is 5.32 Å². The molecule has 1 atom stereocenters. The number of halogens is 1. The van der Waals surface area contributed by atoms with Gasteiger partial charge < -0.3 is 10.2 Å². The van der Waals surface area contributed by atoms with Gasteiger partial charge in [0.15, 0.2) is 4.75 Å². The predicted molar refractivity (Wildman–Crippen MR) is 92.2 cm³/mol. The van der Waals surface area contributed by atoms with Crippen molar-refractivity contribution in [3.05, 3.63) is 59.9 Å². The first-order chi connectivity index (χ1) is 11.4. The second-order valence-corrected chi connectivity index (χ2v) is 7.34. The van der Waals surface area contributed by atoms with Crippen LogP contribution in [0.15, 0.2) is 53.4 Å². The van der Waals surface area contributed by atoms with Gasteiger partial charge in [0.25, 0.3) is 0 Å². The molecule has 0 fully saturated rings. The van der Waals surface area contributed by atoms with Crippen molar-refractivity contribution in [1.29, 1.82) is 0 Å². The van der Waals surface area contributed by atoms with Crippen LogP contribution in [0.5, 0.6) is 0 Å². The smallest absolute Gasteiger partial charge is 0.250 e. The number of fused-ring (bicyclic) bond motifs is 1. The van der Waals surface area contributed by atoms with Crippen molar-refractivity contribution < 1.29 is 14.0 Å². The summed E-state index contributed by atoms with van der Waals surface area (Å²) in [6.45, 7) is 1.86. The molecule has 1 heterocycles. The Bertz CT molecular complexity index is 811. The first kappa shape index (κ1) is 16.5. The molecule has 0 aliphatic carbocycles. The fourth-order valence-electron chi connectivity index (χ4n) is 2.65. The van der Waals surface area contributed by atoms with Crippen LogP contribution in [0.1, 0.15) is 12.5 Å². The first-order valence-corrected chi connectivity index (χ1v) is 8.31. The molecule has 2 aromatic carbocycles. The molecule has 1 aliphatic rings. The zero-order chi connectivity index (χ0) is 17.3. The summed E-state index contributed by atoms with van der Waals surface area (Å²) < 4.78 is 12.1. The van der Waals surface area contributed by atoms with Gasteiger partial charge in [-0.3, -0.25) is 9.59 Å². The molecule has 124 valence electrons. The summed E-state index contributed by atoms with van der Waals surface area (Å²) in [5, 5.41) is 2.79. The van der Waals surface area contributed by atoms with Crippen LogP contribution in [-0.2, 0) is 16.1 Å². The third-order valence-corrected chi connectivity index (χ3v) is 5.29. The van der Waals surface area contributed by atoms with Crippen molar-refractivity contribution in [3.8, 4) is 0 Å². The third kappa shape index (κ3) is 3.01. The molecule has 0 bridgehead atoms. The van der Waals surface area contributed by atoms with E-state index in [1.54, 1.807) is 32.2 Å². The van der Waals surface area contributed by atoms with E-state index >= 15 is 0 Å². The molecule has 0 radical (unpaired) electrons. The Morgan fingerprint density at radius 2 is 2.00 bits per heavy atom. The van der Waals surface area contributed by atoms with E-state index in [1.807, 2.05) is 18.2 Å². The molecule has 6 heteroatoms. The number of thioether (sulfide) groups is 1. The average Bonchev–Trinajstić information content (AvgIpc) is 2.55. The lowest BCUT2D eigenvalue weighted by atomic mass is 10.1. The Hall–Kier alpha value is -2.34. The molecule has 2 amide bonds. The van der Waals surface area contributed by atoms with Crippen LogP contribution in [0.4, 0.5) is 10.1 Å². The standard InChI is InChI=1S/C18H17FN2O2S/c1-18(16(22)20-14-8-3-4-9-15(14)24-18)17(23)21(2)11-12-6-5-7-13(19)10-12/h3-10H,11H2,1-2H3,(H,20,22). The van der Waals surface area contributed by atoms with Crippen molar-refractivity contribution in [2.45, 2.75) is 23.1 Å².